The molecule has 0 bridgehead atoms. The summed E-state index contributed by atoms with van der Waals surface area (Å²) in [5.41, 5.74) is 2.51. The highest BCUT2D eigenvalue weighted by molar-refractivity contribution is 5.78. The minimum atomic E-state index is -0.110. The van der Waals surface area contributed by atoms with Crippen LogP contribution in [-0.4, -0.2) is 49.1 Å². The van der Waals surface area contributed by atoms with Gasteiger partial charge < -0.3 is 15.0 Å². The fourth-order valence-corrected chi connectivity index (χ4v) is 3.69. The largest absolute Gasteiger partial charge is 0.375 e. The lowest BCUT2D eigenvalue weighted by atomic mass is 9.86. The van der Waals surface area contributed by atoms with E-state index in [1.54, 1.807) is 0 Å². The number of carbonyl (C=O) groups excluding carboxylic acids is 2. The molecule has 2 aromatic carbocycles. The number of nitrogens with one attached hydrogen (secondary N) is 1. The Hall–Kier alpha value is -2.66. The summed E-state index contributed by atoms with van der Waals surface area (Å²) in [6.07, 6.45) is 1.14. The van der Waals surface area contributed by atoms with E-state index in [1.165, 1.54) is 18.1 Å². The second-order valence-electron chi connectivity index (χ2n) is 7.18. The lowest BCUT2D eigenvalue weighted by Gasteiger charge is -2.35. The standard InChI is InChI=1S/C23H28N2O3/c1-18(26)24-13-12-23(27)25-14-15-28-21(17-25)16-22(19-8-4-2-5-9-19)20-10-6-3-7-11-20/h2-11,21-22H,12-17H2,1H3,(H,24,26)/t21-/m0/s1. The molecule has 5 heteroatoms. The number of amides is 2. The predicted molar refractivity (Wildman–Crippen MR) is 109 cm³/mol. The van der Waals surface area contributed by atoms with Crippen LogP contribution in [0.4, 0.5) is 0 Å². The van der Waals surface area contributed by atoms with E-state index in [-0.39, 0.29) is 23.8 Å². The van der Waals surface area contributed by atoms with Crippen LogP contribution in [0.1, 0.15) is 36.8 Å². The number of ether oxygens (including phenoxy) is 1. The molecule has 1 fully saturated rings. The summed E-state index contributed by atoms with van der Waals surface area (Å²) >= 11 is 0. The number of morpholine rings is 1. The zero-order valence-corrected chi connectivity index (χ0v) is 16.3. The van der Waals surface area contributed by atoms with E-state index in [0.717, 1.165) is 6.42 Å². The molecule has 1 N–H and O–H groups in total. The molecule has 3 rings (SSSR count). The Morgan fingerprint density at radius 2 is 1.68 bits per heavy atom. The zero-order chi connectivity index (χ0) is 19.8. The molecule has 0 spiro atoms. The van der Waals surface area contributed by atoms with Gasteiger partial charge in [0, 0.05) is 38.9 Å². The molecule has 1 atom stereocenters. The Morgan fingerprint density at radius 3 is 2.25 bits per heavy atom. The SMILES string of the molecule is CC(=O)NCCC(=O)N1CCO[C@@H](CC(c2ccccc2)c2ccccc2)C1. The lowest BCUT2D eigenvalue weighted by molar-refractivity contribution is -0.139. The van der Waals surface area contributed by atoms with Crippen LogP contribution in [0.5, 0.6) is 0 Å². The molecule has 0 saturated carbocycles. The summed E-state index contributed by atoms with van der Waals surface area (Å²) < 4.78 is 6.01. The van der Waals surface area contributed by atoms with E-state index in [4.69, 9.17) is 4.74 Å². The Balaban J connectivity index is 1.66. The molecule has 1 saturated heterocycles. The maximum atomic E-state index is 12.5. The highest BCUT2D eigenvalue weighted by Crippen LogP contribution is 2.30. The Morgan fingerprint density at radius 1 is 1.07 bits per heavy atom. The molecule has 5 nitrogen and oxygen atoms in total. The summed E-state index contributed by atoms with van der Waals surface area (Å²) in [4.78, 5) is 25.3. The van der Waals surface area contributed by atoms with E-state index in [9.17, 15) is 9.59 Å². The first-order valence-electron chi connectivity index (χ1n) is 9.87. The van der Waals surface area contributed by atoms with E-state index >= 15 is 0 Å². The highest BCUT2D eigenvalue weighted by atomic mass is 16.5. The van der Waals surface area contributed by atoms with Gasteiger partial charge in [0.25, 0.3) is 0 Å². The topological polar surface area (TPSA) is 58.6 Å². The molecule has 28 heavy (non-hydrogen) atoms. The van der Waals surface area contributed by atoms with Crippen LogP contribution in [0.3, 0.4) is 0 Å². The summed E-state index contributed by atoms with van der Waals surface area (Å²) in [6.45, 7) is 3.59. The smallest absolute Gasteiger partial charge is 0.224 e. The molecule has 148 valence electrons. The molecule has 1 aliphatic heterocycles. The van der Waals surface area contributed by atoms with Crippen molar-refractivity contribution in [2.75, 3.05) is 26.2 Å². The van der Waals surface area contributed by atoms with Gasteiger partial charge in [-0.25, -0.2) is 0 Å². The Bertz CT molecular complexity index is 724. The van der Waals surface area contributed by atoms with Crippen LogP contribution in [-0.2, 0) is 14.3 Å². The third-order valence-corrected chi connectivity index (χ3v) is 5.11. The molecule has 2 aromatic rings. The van der Waals surface area contributed by atoms with Gasteiger partial charge in [-0.3, -0.25) is 9.59 Å². The molecule has 2 amide bonds. The van der Waals surface area contributed by atoms with E-state index < -0.39 is 0 Å². The minimum Gasteiger partial charge on any atom is -0.375 e. The van der Waals surface area contributed by atoms with Crippen LogP contribution in [0.2, 0.25) is 0 Å². The van der Waals surface area contributed by atoms with Crippen molar-refractivity contribution in [1.29, 1.82) is 0 Å². The molecular weight excluding hydrogens is 352 g/mol. The lowest BCUT2D eigenvalue weighted by Crippen LogP contribution is -2.46. The van der Waals surface area contributed by atoms with Gasteiger partial charge in [0.2, 0.25) is 11.8 Å². The van der Waals surface area contributed by atoms with Crippen LogP contribution >= 0.6 is 0 Å². The third-order valence-electron chi connectivity index (χ3n) is 5.11. The number of rotatable bonds is 7. The first-order valence-corrected chi connectivity index (χ1v) is 9.87. The quantitative estimate of drug-likeness (QED) is 0.803. The zero-order valence-electron chi connectivity index (χ0n) is 16.3. The van der Waals surface area contributed by atoms with E-state index in [2.05, 4.69) is 53.8 Å². The number of hydrogen-bond donors (Lipinski definition) is 1. The predicted octanol–water partition coefficient (Wildman–Crippen LogP) is 2.96. The monoisotopic (exact) mass is 380 g/mol. The fourth-order valence-electron chi connectivity index (χ4n) is 3.69. The summed E-state index contributed by atoms with van der Waals surface area (Å²) in [5, 5.41) is 2.68. The van der Waals surface area contributed by atoms with Crippen molar-refractivity contribution < 1.29 is 14.3 Å². The summed E-state index contributed by atoms with van der Waals surface area (Å²) in [5.74, 6) is 0.182. The van der Waals surface area contributed by atoms with Gasteiger partial charge in [-0.15, -0.1) is 0 Å². The van der Waals surface area contributed by atoms with Crippen LogP contribution < -0.4 is 5.32 Å². The van der Waals surface area contributed by atoms with Crippen molar-refractivity contribution in [2.24, 2.45) is 0 Å². The molecule has 1 aliphatic rings. The first-order chi connectivity index (χ1) is 13.6. The summed E-state index contributed by atoms with van der Waals surface area (Å²) in [6, 6.07) is 20.9. The second-order valence-corrected chi connectivity index (χ2v) is 7.18. The molecule has 0 aliphatic carbocycles. The average molecular weight is 380 g/mol. The van der Waals surface area contributed by atoms with Gasteiger partial charge >= 0.3 is 0 Å². The van der Waals surface area contributed by atoms with Crippen LogP contribution in [0.15, 0.2) is 60.7 Å². The summed E-state index contributed by atoms with van der Waals surface area (Å²) in [7, 11) is 0. The maximum Gasteiger partial charge on any atom is 0.224 e. The highest BCUT2D eigenvalue weighted by Gasteiger charge is 2.27. The number of hydrogen-bond acceptors (Lipinski definition) is 3. The van der Waals surface area contributed by atoms with E-state index in [1.807, 2.05) is 17.0 Å². The van der Waals surface area contributed by atoms with Gasteiger partial charge in [-0.05, 0) is 17.5 Å². The van der Waals surface area contributed by atoms with Gasteiger partial charge in [0.05, 0.1) is 12.7 Å². The van der Waals surface area contributed by atoms with E-state index in [0.29, 0.717) is 32.7 Å². The first kappa shape index (κ1) is 20.1. The number of nitrogens with zero attached hydrogens (tertiary/aromatic N) is 1. The van der Waals surface area contributed by atoms with Crippen molar-refractivity contribution in [3.05, 3.63) is 71.8 Å². The van der Waals surface area contributed by atoms with Crippen LogP contribution in [0.25, 0.3) is 0 Å². The number of benzene rings is 2. The van der Waals surface area contributed by atoms with Crippen molar-refractivity contribution in [3.63, 3.8) is 0 Å². The third kappa shape index (κ3) is 5.67. The van der Waals surface area contributed by atoms with Crippen molar-refractivity contribution in [1.82, 2.24) is 10.2 Å². The maximum absolute atomic E-state index is 12.5. The second kappa shape index (κ2) is 10.0. The Kier molecular flexibility index (Phi) is 7.20. The van der Waals surface area contributed by atoms with Gasteiger partial charge in [-0.1, -0.05) is 60.7 Å². The average Bonchev–Trinajstić information content (AvgIpc) is 2.73. The minimum absolute atomic E-state index is 0.0103. The molecule has 0 aromatic heterocycles. The molecule has 0 radical (unpaired) electrons. The van der Waals surface area contributed by atoms with Crippen molar-refractivity contribution in [2.45, 2.75) is 31.8 Å². The van der Waals surface area contributed by atoms with Crippen molar-refractivity contribution >= 4 is 11.8 Å². The number of carbonyl (C=O) groups is 2. The molecular formula is C23H28N2O3. The normalized spacial score (nSPS) is 16.8. The van der Waals surface area contributed by atoms with Gasteiger partial charge in [0.1, 0.15) is 0 Å². The molecule has 1 heterocycles. The van der Waals surface area contributed by atoms with Gasteiger partial charge in [-0.2, -0.15) is 0 Å². The Labute approximate surface area is 166 Å². The van der Waals surface area contributed by atoms with Gasteiger partial charge in [0.15, 0.2) is 0 Å². The fraction of sp³-hybridized carbons (Fsp3) is 0.391. The van der Waals surface area contributed by atoms with Crippen molar-refractivity contribution in [3.8, 4) is 0 Å². The molecule has 0 unspecified atom stereocenters. The van der Waals surface area contributed by atoms with Crippen LogP contribution in [0, 0.1) is 0 Å².